The minimum absolute atomic E-state index is 0.0925. The molecule has 1 N–H and O–H groups in total. The van der Waals surface area contributed by atoms with Gasteiger partial charge in [-0.25, -0.2) is 9.37 Å². The van der Waals surface area contributed by atoms with Gasteiger partial charge in [0.2, 0.25) is 0 Å². The molecule has 0 aliphatic carbocycles. The Morgan fingerprint density at radius 2 is 2.14 bits per heavy atom. The Balaban J connectivity index is 1.52. The second kappa shape index (κ2) is 10.6. The standard InChI is InChI=1S/C23H23FN2O2S/c1-2-3-4-5-6-7-13-28-20-10-8-9-18(22(20)24)15-25-23(27)17-11-12-19-21(14-17)29-16-26-19/h8-12,14,16H,2,5-7,13,15H2,1H3,(H,25,27). The summed E-state index contributed by atoms with van der Waals surface area (Å²) < 4.78 is 21.2. The lowest BCUT2D eigenvalue weighted by atomic mass is 10.1. The van der Waals surface area contributed by atoms with Gasteiger partial charge in [-0.1, -0.05) is 19.1 Å². The van der Waals surface area contributed by atoms with Crippen molar-refractivity contribution in [3.8, 4) is 17.6 Å². The Kier molecular flexibility index (Phi) is 7.60. The van der Waals surface area contributed by atoms with Crippen LogP contribution in [0, 0.1) is 17.7 Å². The van der Waals surface area contributed by atoms with Crippen LogP contribution >= 0.6 is 11.3 Å². The molecule has 0 bridgehead atoms. The van der Waals surface area contributed by atoms with E-state index in [1.165, 1.54) is 11.3 Å². The number of aromatic nitrogens is 1. The van der Waals surface area contributed by atoms with E-state index in [2.05, 4.69) is 22.1 Å². The number of amides is 1. The first kappa shape index (κ1) is 20.8. The van der Waals surface area contributed by atoms with Crippen LogP contribution in [-0.2, 0) is 6.54 Å². The Morgan fingerprint density at radius 3 is 3.00 bits per heavy atom. The molecule has 29 heavy (non-hydrogen) atoms. The van der Waals surface area contributed by atoms with Gasteiger partial charge in [-0.05, 0) is 37.1 Å². The fraction of sp³-hybridized carbons (Fsp3) is 0.304. The summed E-state index contributed by atoms with van der Waals surface area (Å²) in [4.78, 5) is 16.6. The maximum atomic E-state index is 14.7. The molecule has 2 aromatic carbocycles. The lowest BCUT2D eigenvalue weighted by Gasteiger charge is -2.11. The number of unbranched alkanes of at least 4 members (excludes halogenated alkanes) is 2. The maximum absolute atomic E-state index is 14.7. The summed E-state index contributed by atoms with van der Waals surface area (Å²) in [5, 5.41) is 2.77. The summed E-state index contributed by atoms with van der Waals surface area (Å²) in [5.74, 6) is 5.63. The number of benzene rings is 2. The third-order valence-electron chi connectivity index (χ3n) is 4.33. The van der Waals surface area contributed by atoms with E-state index in [4.69, 9.17) is 4.74 Å². The monoisotopic (exact) mass is 410 g/mol. The largest absolute Gasteiger partial charge is 0.491 e. The van der Waals surface area contributed by atoms with E-state index < -0.39 is 5.82 Å². The molecule has 150 valence electrons. The smallest absolute Gasteiger partial charge is 0.251 e. The molecule has 0 saturated carbocycles. The number of ether oxygens (including phenoxy) is 1. The average Bonchev–Trinajstić information content (AvgIpc) is 3.21. The first-order valence-electron chi connectivity index (χ1n) is 9.66. The van der Waals surface area contributed by atoms with Crippen LogP contribution in [0.3, 0.4) is 0 Å². The Bertz CT molecular complexity index is 1040. The van der Waals surface area contributed by atoms with E-state index in [1.54, 1.807) is 35.8 Å². The average molecular weight is 411 g/mol. The molecule has 0 atom stereocenters. The molecule has 1 aromatic heterocycles. The zero-order valence-corrected chi connectivity index (χ0v) is 17.2. The van der Waals surface area contributed by atoms with Crippen LogP contribution in [0.1, 0.15) is 48.5 Å². The van der Waals surface area contributed by atoms with Crippen LogP contribution in [0.2, 0.25) is 0 Å². The van der Waals surface area contributed by atoms with Crippen molar-refractivity contribution < 1.29 is 13.9 Å². The van der Waals surface area contributed by atoms with Crippen molar-refractivity contribution in [1.29, 1.82) is 0 Å². The maximum Gasteiger partial charge on any atom is 0.251 e. The van der Waals surface area contributed by atoms with Crippen LogP contribution < -0.4 is 10.1 Å². The Hall–Kier alpha value is -2.91. The summed E-state index contributed by atoms with van der Waals surface area (Å²) in [6, 6.07) is 10.3. The lowest BCUT2D eigenvalue weighted by Crippen LogP contribution is -2.23. The highest BCUT2D eigenvalue weighted by atomic mass is 32.1. The molecule has 0 aliphatic rings. The van der Waals surface area contributed by atoms with Crippen LogP contribution in [-0.4, -0.2) is 17.5 Å². The third-order valence-corrected chi connectivity index (χ3v) is 5.12. The number of nitrogens with one attached hydrogen (secondary N) is 1. The zero-order chi connectivity index (χ0) is 20.5. The molecule has 0 fully saturated rings. The van der Waals surface area contributed by atoms with Crippen LogP contribution in [0.5, 0.6) is 5.75 Å². The number of hydrogen-bond acceptors (Lipinski definition) is 4. The molecule has 1 amide bonds. The molecule has 3 aromatic rings. The summed E-state index contributed by atoms with van der Waals surface area (Å²) in [6.07, 6.45) is 3.44. The minimum atomic E-state index is -0.434. The van der Waals surface area contributed by atoms with Gasteiger partial charge in [0, 0.05) is 30.5 Å². The molecule has 0 spiro atoms. The highest BCUT2D eigenvalue weighted by Crippen LogP contribution is 2.22. The van der Waals surface area contributed by atoms with Gasteiger partial charge < -0.3 is 10.1 Å². The van der Waals surface area contributed by atoms with Crippen molar-refractivity contribution in [3.63, 3.8) is 0 Å². The first-order valence-corrected chi connectivity index (χ1v) is 10.5. The lowest BCUT2D eigenvalue weighted by molar-refractivity contribution is 0.0950. The summed E-state index contributed by atoms with van der Waals surface area (Å²) in [5.41, 5.74) is 3.52. The van der Waals surface area contributed by atoms with Gasteiger partial charge in [-0.15, -0.1) is 23.2 Å². The number of thiazole rings is 1. The van der Waals surface area contributed by atoms with Crippen molar-refractivity contribution in [2.24, 2.45) is 0 Å². The molecular formula is C23H23FN2O2S. The minimum Gasteiger partial charge on any atom is -0.491 e. The van der Waals surface area contributed by atoms with Crippen LogP contribution in [0.15, 0.2) is 41.9 Å². The molecule has 0 unspecified atom stereocenters. The highest BCUT2D eigenvalue weighted by Gasteiger charge is 2.12. The van der Waals surface area contributed by atoms with Gasteiger partial charge in [0.25, 0.3) is 5.91 Å². The molecule has 0 aliphatic heterocycles. The first-order chi connectivity index (χ1) is 14.2. The number of fused-ring (bicyclic) bond motifs is 1. The molecule has 0 saturated heterocycles. The molecule has 0 radical (unpaired) electrons. The fourth-order valence-corrected chi connectivity index (χ4v) is 3.51. The van der Waals surface area contributed by atoms with E-state index in [1.807, 2.05) is 13.0 Å². The van der Waals surface area contributed by atoms with Crippen molar-refractivity contribution in [1.82, 2.24) is 10.3 Å². The van der Waals surface area contributed by atoms with E-state index in [9.17, 15) is 9.18 Å². The van der Waals surface area contributed by atoms with Crippen molar-refractivity contribution in [2.75, 3.05) is 6.61 Å². The van der Waals surface area contributed by atoms with Gasteiger partial charge in [-0.3, -0.25) is 4.79 Å². The summed E-state index contributed by atoms with van der Waals surface area (Å²) >= 11 is 1.48. The van der Waals surface area contributed by atoms with Gasteiger partial charge in [0.1, 0.15) is 0 Å². The SMILES string of the molecule is CCC#CCCCCOc1cccc(CNC(=O)c2ccc3ncsc3c2)c1F. The van der Waals surface area contributed by atoms with Crippen molar-refractivity contribution in [3.05, 3.63) is 58.9 Å². The number of nitrogens with zero attached hydrogens (tertiary/aromatic N) is 1. The van der Waals surface area contributed by atoms with E-state index in [-0.39, 0.29) is 18.2 Å². The number of halogens is 1. The van der Waals surface area contributed by atoms with E-state index >= 15 is 0 Å². The van der Waals surface area contributed by atoms with Gasteiger partial charge in [-0.2, -0.15) is 0 Å². The van der Waals surface area contributed by atoms with Gasteiger partial charge >= 0.3 is 0 Å². The Labute approximate surface area is 174 Å². The zero-order valence-electron chi connectivity index (χ0n) is 16.3. The topological polar surface area (TPSA) is 51.2 Å². The second-order valence-corrected chi connectivity index (χ2v) is 7.35. The molecule has 3 rings (SSSR count). The summed E-state index contributed by atoms with van der Waals surface area (Å²) in [7, 11) is 0. The number of rotatable bonds is 8. The predicted octanol–water partition coefficient (Wildman–Crippen LogP) is 5.33. The summed E-state index contributed by atoms with van der Waals surface area (Å²) in [6.45, 7) is 2.55. The normalized spacial score (nSPS) is 10.4. The van der Waals surface area contributed by atoms with Crippen molar-refractivity contribution in [2.45, 2.75) is 39.2 Å². The Morgan fingerprint density at radius 1 is 1.24 bits per heavy atom. The second-order valence-electron chi connectivity index (χ2n) is 6.46. The molecular weight excluding hydrogens is 387 g/mol. The van der Waals surface area contributed by atoms with E-state index in [0.717, 1.165) is 35.9 Å². The fourth-order valence-electron chi connectivity index (χ4n) is 2.79. The van der Waals surface area contributed by atoms with Gasteiger partial charge in [0.05, 0.1) is 22.3 Å². The van der Waals surface area contributed by atoms with Crippen molar-refractivity contribution >= 4 is 27.5 Å². The highest BCUT2D eigenvalue weighted by molar-refractivity contribution is 7.16. The van der Waals surface area contributed by atoms with Gasteiger partial charge in [0.15, 0.2) is 11.6 Å². The van der Waals surface area contributed by atoms with Crippen LogP contribution in [0.25, 0.3) is 10.2 Å². The van der Waals surface area contributed by atoms with E-state index in [0.29, 0.717) is 17.7 Å². The predicted molar refractivity (Wildman–Crippen MR) is 115 cm³/mol. The number of carbonyl (C=O) groups excluding carboxylic acids is 1. The number of hydrogen-bond donors (Lipinski definition) is 1. The number of carbonyl (C=O) groups is 1. The molecule has 4 nitrogen and oxygen atoms in total. The van der Waals surface area contributed by atoms with Crippen LogP contribution in [0.4, 0.5) is 4.39 Å². The molecule has 6 heteroatoms. The molecule has 1 heterocycles. The quantitative estimate of drug-likeness (QED) is 0.403. The third kappa shape index (κ3) is 5.78.